The van der Waals surface area contributed by atoms with E-state index in [9.17, 15) is 0 Å². The van der Waals surface area contributed by atoms with Crippen LogP contribution in [0.25, 0.3) is 22.6 Å². The number of nitrogens with two attached hydrogens (primary N) is 1. The molecule has 5 heteroatoms. The van der Waals surface area contributed by atoms with Gasteiger partial charge in [0.1, 0.15) is 5.52 Å². The molecule has 92 valence electrons. The topological polar surface area (TPSA) is 69.9 Å². The maximum Gasteiger partial charge on any atom is 0.230 e. The molecule has 1 aromatic carbocycles. The second-order valence-corrected chi connectivity index (χ2v) is 4.23. The standard InChI is InChI=1S/C13H14N4O/c1-3-10-8(7-17(2)16-10)13-15-12-9(14)5-4-6-11(12)18-13/h4-7H,3,14H2,1-2H3. The van der Waals surface area contributed by atoms with Gasteiger partial charge in [-0.15, -0.1) is 0 Å². The van der Waals surface area contributed by atoms with Crippen LogP contribution in [0.4, 0.5) is 5.69 Å². The van der Waals surface area contributed by atoms with Crippen LogP contribution in [-0.4, -0.2) is 14.8 Å². The number of para-hydroxylation sites is 1. The number of aromatic nitrogens is 3. The number of benzene rings is 1. The van der Waals surface area contributed by atoms with E-state index in [0.29, 0.717) is 22.7 Å². The van der Waals surface area contributed by atoms with Crippen molar-refractivity contribution in [1.82, 2.24) is 14.8 Å². The van der Waals surface area contributed by atoms with Crippen molar-refractivity contribution in [3.05, 3.63) is 30.1 Å². The van der Waals surface area contributed by atoms with Crippen LogP contribution in [0.1, 0.15) is 12.6 Å². The summed E-state index contributed by atoms with van der Waals surface area (Å²) < 4.78 is 7.52. The maximum absolute atomic E-state index is 5.88. The van der Waals surface area contributed by atoms with Crippen LogP contribution in [0, 0.1) is 0 Å². The summed E-state index contributed by atoms with van der Waals surface area (Å²) in [6.45, 7) is 2.06. The number of hydrogen-bond acceptors (Lipinski definition) is 4. The van der Waals surface area contributed by atoms with Gasteiger partial charge < -0.3 is 10.2 Å². The van der Waals surface area contributed by atoms with Crippen LogP contribution in [0.15, 0.2) is 28.8 Å². The van der Waals surface area contributed by atoms with Crippen LogP contribution < -0.4 is 5.73 Å². The van der Waals surface area contributed by atoms with Crippen molar-refractivity contribution in [2.45, 2.75) is 13.3 Å². The summed E-state index contributed by atoms with van der Waals surface area (Å²) >= 11 is 0. The lowest BCUT2D eigenvalue weighted by atomic mass is 10.2. The molecule has 3 aromatic rings. The second-order valence-electron chi connectivity index (χ2n) is 4.23. The van der Waals surface area contributed by atoms with Gasteiger partial charge in [-0.3, -0.25) is 4.68 Å². The van der Waals surface area contributed by atoms with Gasteiger partial charge in [-0.2, -0.15) is 5.10 Å². The lowest BCUT2D eigenvalue weighted by Crippen LogP contribution is -1.89. The van der Waals surface area contributed by atoms with Crippen molar-refractivity contribution in [2.24, 2.45) is 7.05 Å². The van der Waals surface area contributed by atoms with Crippen molar-refractivity contribution in [3.8, 4) is 11.5 Å². The highest BCUT2D eigenvalue weighted by Crippen LogP contribution is 2.29. The van der Waals surface area contributed by atoms with Crippen molar-refractivity contribution in [3.63, 3.8) is 0 Å². The van der Waals surface area contributed by atoms with Gasteiger partial charge in [0, 0.05) is 13.2 Å². The minimum Gasteiger partial charge on any atom is -0.436 e. The monoisotopic (exact) mass is 242 g/mol. The average Bonchev–Trinajstić information content (AvgIpc) is 2.92. The fourth-order valence-corrected chi connectivity index (χ4v) is 2.06. The summed E-state index contributed by atoms with van der Waals surface area (Å²) in [5.41, 5.74) is 9.82. The number of nitrogens with zero attached hydrogens (tertiary/aromatic N) is 3. The molecular weight excluding hydrogens is 228 g/mol. The Labute approximate surface area is 104 Å². The van der Waals surface area contributed by atoms with Crippen LogP contribution in [0.5, 0.6) is 0 Å². The fraction of sp³-hybridized carbons (Fsp3) is 0.231. The number of fused-ring (bicyclic) bond motifs is 1. The highest BCUT2D eigenvalue weighted by Gasteiger charge is 2.15. The van der Waals surface area contributed by atoms with Crippen molar-refractivity contribution in [1.29, 1.82) is 0 Å². The number of anilines is 1. The Morgan fingerprint density at radius 1 is 1.39 bits per heavy atom. The van der Waals surface area contributed by atoms with Gasteiger partial charge in [0.15, 0.2) is 5.58 Å². The van der Waals surface area contributed by atoms with Crippen molar-refractivity contribution < 1.29 is 4.42 Å². The Bertz CT molecular complexity index is 711. The number of rotatable bonds is 2. The van der Waals surface area contributed by atoms with Crippen LogP contribution in [0.3, 0.4) is 0 Å². The van der Waals surface area contributed by atoms with E-state index in [-0.39, 0.29) is 0 Å². The third-order valence-electron chi connectivity index (χ3n) is 2.92. The highest BCUT2D eigenvalue weighted by molar-refractivity contribution is 5.87. The predicted octanol–water partition coefficient (Wildman–Crippen LogP) is 2.37. The van der Waals surface area contributed by atoms with E-state index >= 15 is 0 Å². The number of oxazole rings is 1. The molecule has 2 N–H and O–H groups in total. The van der Waals surface area contributed by atoms with Crippen molar-refractivity contribution >= 4 is 16.8 Å². The minimum atomic E-state index is 0.577. The molecule has 18 heavy (non-hydrogen) atoms. The molecule has 0 saturated heterocycles. The predicted molar refractivity (Wildman–Crippen MR) is 70.0 cm³/mol. The molecule has 0 bridgehead atoms. The summed E-state index contributed by atoms with van der Waals surface area (Å²) in [5.74, 6) is 0.577. The number of nitrogen functional groups attached to an aromatic ring is 1. The summed E-state index contributed by atoms with van der Waals surface area (Å²) in [7, 11) is 1.89. The molecular formula is C13H14N4O. The molecule has 0 aliphatic carbocycles. The SMILES string of the molecule is CCc1nn(C)cc1-c1nc2c(N)cccc2o1. The van der Waals surface area contributed by atoms with E-state index in [2.05, 4.69) is 17.0 Å². The van der Waals surface area contributed by atoms with Crippen LogP contribution >= 0.6 is 0 Å². The number of hydrogen-bond donors (Lipinski definition) is 1. The van der Waals surface area contributed by atoms with Crippen LogP contribution in [-0.2, 0) is 13.5 Å². The molecule has 5 nitrogen and oxygen atoms in total. The van der Waals surface area contributed by atoms with E-state index in [1.54, 1.807) is 4.68 Å². The van der Waals surface area contributed by atoms with Gasteiger partial charge in [0.25, 0.3) is 0 Å². The second kappa shape index (κ2) is 3.87. The van der Waals surface area contributed by atoms with Gasteiger partial charge in [-0.05, 0) is 18.6 Å². The van der Waals surface area contributed by atoms with Gasteiger partial charge in [-0.1, -0.05) is 13.0 Å². The van der Waals surface area contributed by atoms with Crippen molar-refractivity contribution in [2.75, 3.05) is 5.73 Å². The average molecular weight is 242 g/mol. The van der Waals surface area contributed by atoms with Crippen LogP contribution in [0.2, 0.25) is 0 Å². The third kappa shape index (κ3) is 1.55. The zero-order chi connectivity index (χ0) is 12.7. The molecule has 2 aromatic heterocycles. The Hall–Kier alpha value is -2.30. The first-order valence-corrected chi connectivity index (χ1v) is 5.87. The van der Waals surface area contributed by atoms with E-state index in [1.165, 1.54) is 0 Å². The van der Waals surface area contributed by atoms with E-state index in [0.717, 1.165) is 17.7 Å². The zero-order valence-electron chi connectivity index (χ0n) is 10.3. The molecule has 0 fully saturated rings. The Kier molecular flexibility index (Phi) is 2.33. The van der Waals surface area contributed by atoms with E-state index in [1.807, 2.05) is 31.4 Å². The molecule has 0 aliphatic rings. The largest absolute Gasteiger partial charge is 0.436 e. The number of aryl methyl sites for hydroxylation is 2. The lowest BCUT2D eigenvalue weighted by Gasteiger charge is -1.91. The molecule has 0 spiro atoms. The molecule has 0 unspecified atom stereocenters. The molecule has 0 saturated carbocycles. The first-order chi connectivity index (χ1) is 8.69. The van der Waals surface area contributed by atoms with E-state index in [4.69, 9.17) is 10.2 Å². The maximum atomic E-state index is 5.88. The van der Waals surface area contributed by atoms with E-state index < -0.39 is 0 Å². The normalized spacial score (nSPS) is 11.2. The highest BCUT2D eigenvalue weighted by atomic mass is 16.3. The smallest absolute Gasteiger partial charge is 0.230 e. The quantitative estimate of drug-likeness (QED) is 0.700. The van der Waals surface area contributed by atoms with Gasteiger partial charge >= 0.3 is 0 Å². The zero-order valence-corrected chi connectivity index (χ0v) is 10.3. The first-order valence-electron chi connectivity index (χ1n) is 5.87. The molecule has 2 heterocycles. The first kappa shape index (κ1) is 10.8. The Balaban J connectivity index is 2.22. The summed E-state index contributed by atoms with van der Waals surface area (Å²) in [6.07, 6.45) is 2.75. The Morgan fingerprint density at radius 2 is 2.22 bits per heavy atom. The summed E-state index contributed by atoms with van der Waals surface area (Å²) in [4.78, 5) is 4.46. The molecule has 0 atom stereocenters. The summed E-state index contributed by atoms with van der Waals surface area (Å²) in [6, 6.07) is 5.54. The fourth-order valence-electron chi connectivity index (χ4n) is 2.06. The molecule has 3 rings (SSSR count). The summed E-state index contributed by atoms with van der Waals surface area (Å²) in [5, 5.41) is 4.38. The molecule has 0 radical (unpaired) electrons. The molecule has 0 amide bonds. The molecule has 0 aliphatic heterocycles. The van der Waals surface area contributed by atoms with Gasteiger partial charge in [0.05, 0.1) is 16.9 Å². The van der Waals surface area contributed by atoms with Gasteiger partial charge in [0.2, 0.25) is 5.89 Å². The van der Waals surface area contributed by atoms with Gasteiger partial charge in [-0.25, -0.2) is 4.98 Å². The minimum absolute atomic E-state index is 0.577. The third-order valence-corrected chi connectivity index (χ3v) is 2.92. The Morgan fingerprint density at radius 3 is 2.94 bits per heavy atom. The lowest BCUT2D eigenvalue weighted by molar-refractivity contribution is 0.619.